The van der Waals surface area contributed by atoms with Gasteiger partial charge in [-0.15, -0.1) is 0 Å². The van der Waals surface area contributed by atoms with Gasteiger partial charge in [0.15, 0.2) is 0 Å². The standard InChI is InChI=1S/C9H14N2O2/c1-9(6-12-7-9)5-10-4-8-2-3-11-13-8/h2-3,10H,4-7H2,1H3. The zero-order valence-corrected chi connectivity index (χ0v) is 7.75. The van der Waals surface area contributed by atoms with Crippen LogP contribution >= 0.6 is 0 Å². The first-order chi connectivity index (χ1) is 6.29. The highest BCUT2D eigenvalue weighted by Crippen LogP contribution is 2.25. The zero-order chi connectivity index (χ0) is 9.15. The molecule has 4 nitrogen and oxygen atoms in total. The minimum atomic E-state index is 0.319. The summed E-state index contributed by atoms with van der Waals surface area (Å²) >= 11 is 0. The molecule has 2 rings (SSSR count). The highest BCUT2D eigenvalue weighted by atomic mass is 16.5. The molecule has 4 heteroatoms. The summed E-state index contributed by atoms with van der Waals surface area (Å²) in [5.41, 5.74) is 0.319. The molecule has 0 bridgehead atoms. The van der Waals surface area contributed by atoms with Crippen molar-refractivity contribution in [1.29, 1.82) is 0 Å². The maximum atomic E-state index is 5.15. The summed E-state index contributed by atoms with van der Waals surface area (Å²) in [4.78, 5) is 0. The monoisotopic (exact) mass is 182 g/mol. The Balaban J connectivity index is 1.69. The molecule has 0 saturated carbocycles. The van der Waals surface area contributed by atoms with E-state index in [1.54, 1.807) is 6.20 Å². The molecule has 2 heterocycles. The van der Waals surface area contributed by atoms with Crippen molar-refractivity contribution in [3.63, 3.8) is 0 Å². The topological polar surface area (TPSA) is 47.3 Å². The van der Waals surface area contributed by atoms with E-state index < -0.39 is 0 Å². The molecule has 0 amide bonds. The Hall–Kier alpha value is -0.870. The Morgan fingerprint density at radius 2 is 2.46 bits per heavy atom. The molecule has 0 atom stereocenters. The van der Waals surface area contributed by atoms with Crippen LogP contribution in [0.15, 0.2) is 16.8 Å². The summed E-state index contributed by atoms with van der Waals surface area (Å²) in [5, 5.41) is 6.95. The van der Waals surface area contributed by atoms with E-state index in [1.807, 2.05) is 6.07 Å². The van der Waals surface area contributed by atoms with Gasteiger partial charge in [0.25, 0.3) is 0 Å². The summed E-state index contributed by atoms with van der Waals surface area (Å²) in [6.45, 7) is 5.64. The highest BCUT2D eigenvalue weighted by molar-refractivity contribution is 4.93. The van der Waals surface area contributed by atoms with Crippen LogP contribution in [0, 0.1) is 5.41 Å². The van der Waals surface area contributed by atoms with E-state index in [2.05, 4.69) is 17.4 Å². The third kappa shape index (κ3) is 2.08. The van der Waals surface area contributed by atoms with Crippen LogP contribution in [0.25, 0.3) is 0 Å². The minimum absolute atomic E-state index is 0.319. The Morgan fingerprint density at radius 3 is 3.00 bits per heavy atom. The van der Waals surface area contributed by atoms with E-state index in [-0.39, 0.29) is 0 Å². The second-order valence-electron chi connectivity index (χ2n) is 3.89. The van der Waals surface area contributed by atoms with Gasteiger partial charge in [0.1, 0.15) is 5.76 Å². The van der Waals surface area contributed by atoms with Gasteiger partial charge in [0.05, 0.1) is 26.0 Å². The quantitative estimate of drug-likeness (QED) is 0.748. The van der Waals surface area contributed by atoms with E-state index in [0.717, 1.165) is 32.1 Å². The summed E-state index contributed by atoms with van der Waals surface area (Å²) in [6.07, 6.45) is 1.66. The second-order valence-corrected chi connectivity index (χ2v) is 3.89. The van der Waals surface area contributed by atoms with E-state index in [9.17, 15) is 0 Å². The molecule has 1 aromatic rings. The number of ether oxygens (including phenoxy) is 1. The maximum Gasteiger partial charge on any atom is 0.150 e. The van der Waals surface area contributed by atoms with Crippen LogP contribution in [0.1, 0.15) is 12.7 Å². The molecule has 72 valence electrons. The smallest absolute Gasteiger partial charge is 0.150 e. The van der Waals surface area contributed by atoms with Crippen LogP contribution in [-0.4, -0.2) is 24.9 Å². The van der Waals surface area contributed by atoms with Crippen molar-refractivity contribution in [3.8, 4) is 0 Å². The zero-order valence-electron chi connectivity index (χ0n) is 7.75. The number of nitrogens with zero attached hydrogens (tertiary/aromatic N) is 1. The van der Waals surface area contributed by atoms with Gasteiger partial charge in [-0.2, -0.15) is 0 Å². The van der Waals surface area contributed by atoms with Gasteiger partial charge in [0.2, 0.25) is 0 Å². The molecule has 0 aliphatic carbocycles. The SMILES string of the molecule is CC1(CNCc2ccno2)COC1. The molecule has 1 fully saturated rings. The Kier molecular flexibility index (Phi) is 2.33. The van der Waals surface area contributed by atoms with Gasteiger partial charge >= 0.3 is 0 Å². The molecular weight excluding hydrogens is 168 g/mol. The molecule has 0 aromatic carbocycles. The van der Waals surface area contributed by atoms with Gasteiger partial charge in [0, 0.05) is 18.0 Å². The van der Waals surface area contributed by atoms with Crippen LogP contribution in [0.3, 0.4) is 0 Å². The maximum absolute atomic E-state index is 5.15. The number of hydrogen-bond donors (Lipinski definition) is 1. The molecule has 1 aliphatic rings. The van der Waals surface area contributed by atoms with Crippen LogP contribution in [-0.2, 0) is 11.3 Å². The van der Waals surface area contributed by atoms with Crippen molar-refractivity contribution < 1.29 is 9.26 Å². The molecule has 1 N–H and O–H groups in total. The van der Waals surface area contributed by atoms with Gasteiger partial charge in [-0.1, -0.05) is 12.1 Å². The van der Waals surface area contributed by atoms with Crippen molar-refractivity contribution in [2.75, 3.05) is 19.8 Å². The lowest BCUT2D eigenvalue weighted by atomic mass is 9.89. The van der Waals surface area contributed by atoms with Gasteiger partial charge in [-0.25, -0.2) is 0 Å². The number of rotatable bonds is 4. The summed E-state index contributed by atoms with van der Waals surface area (Å²) in [5.74, 6) is 0.879. The molecule has 13 heavy (non-hydrogen) atoms. The van der Waals surface area contributed by atoms with Gasteiger partial charge < -0.3 is 14.6 Å². The molecule has 0 radical (unpaired) electrons. The van der Waals surface area contributed by atoms with Crippen LogP contribution in [0.5, 0.6) is 0 Å². The lowest BCUT2D eigenvalue weighted by molar-refractivity contribution is -0.0993. The predicted octanol–water partition coefficient (Wildman–Crippen LogP) is 0.801. The molecular formula is C9H14N2O2. The van der Waals surface area contributed by atoms with Crippen molar-refractivity contribution in [1.82, 2.24) is 10.5 Å². The molecule has 1 aliphatic heterocycles. The van der Waals surface area contributed by atoms with Crippen LogP contribution < -0.4 is 5.32 Å². The fourth-order valence-corrected chi connectivity index (χ4v) is 1.37. The van der Waals surface area contributed by atoms with Crippen LogP contribution in [0.4, 0.5) is 0 Å². The van der Waals surface area contributed by atoms with Gasteiger partial charge in [-0.3, -0.25) is 0 Å². The van der Waals surface area contributed by atoms with Gasteiger partial charge in [-0.05, 0) is 0 Å². The first kappa shape index (κ1) is 8.72. The predicted molar refractivity (Wildman–Crippen MR) is 47.1 cm³/mol. The van der Waals surface area contributed by atoms with Crippen molar-refractivity contribution in [3.05, 3.63) is 18.0 Å². The van der Waals surface area contributed by atoms with E-state index in [0.29, 0.717) is 5.41 Å². The van der Waals surface area contributed by atoms with E-state index in [1.165, 1.54) is 0 Å². The Labute approximate surface area is 77.2 Å². The normalized spacial score (nSPS) is 19.8. The third-order valence-corrected chi connectivity index (χ3v) is 2.24. The average Bonchev–Trinajstić information content (AvgIpc) is 2.54. The first-order valence-electron chi connectivity index (χ1n) is 4.47. The summed E-state index contributed by atoms with van der Waals surface area (Å²) < 4.78 is 10.1. The largest absolute Gasteiger partial charge is 0.380 e. The Bertz CT molecular complexity index is 255. The lowest BCUT2D eigenvalue weighted by Gasteiger charge is -2.38. The van der Waals surface area contributed by atoms with E-state index >= 15 is 0 Å². The molecule has 0 unspecified atom stereocenters. The van der Waals surface area contributed by atoms with Crippen molar-refractivity contribution >= 4 is 0 Å². The summed E-state index contributed by atoms with van der Waals surface area (Å²) in [7, 11) is 0. The average molecular weight is 182 g/mol. The highest BCUT2D eigenvalue weighted by Gasteiger charge is 2.32. The number of hydrogen-bond acceptors (Lipinski definition) is 4. The molecule has 0 spiro atoms. The summed E-state index contributed by atoms with van der Waals surface area (Å²) in [6, 6.07) is 1.87. The second kappa shape index (κ2) is 3.47. The van der Waals surface area contributed by atoms with Crippen molar-refractivity contribution in [2.24, 2.45) is 5.41 Å². The molecule has 1 saturated heterocycles. The van der Waals surface area contributed by atoms with Crippen molar-refractivity contribution in [2.45, 2.75) is 13.5 Å². The Morgan fingerprint density at radius 1 is 1.62 bits per heavy atom. The lowest BCUT2D eigenvalue weighted by Crippen LogP contribution is -2.47. The van der Waals surface area contributed by atoms with E-state index in [4.69, 9.17) is 9.26 Å². The van der Waals surface area contributed by atoms with Crippen LogP contribution in [0.2, 0.25) is 0 Å². The fraction of sp³-hybridized carbons (Fsp3) is 0.667. The molecule has 1 aromatic heterocycles. The minimum Gasteiger partial charge on any atom is -0.380 e. The third-order valence-electron chi connectivity index (χ3n) is 2.24. The fourth-order valence-electron chi connectivity index (χ4n) is 1.37. The number of aromatic nitrogens is 1. The number of nitrogens with one attached hydrogen (secondary N) is 1. The first-order valence-corrected chi connectivity index (χ1v) is 4.47.